The Bertz CT molecular complexity index is 861. The zero-order valence-electron chi connectivity index (χ0n) is 12.8. The SMILES string of the molecule is FC(F)(F)C(F)(F)C(F)(F)C(F)(F)C(F)(F)C(F)(F)c1c[nH]c2ccccc12. The molecule has 28 heavy (non-hydrogen) atoms. The minimum absolute atomic E-state index is 0.0225. The molecule has 1 N–H and O–H groups in total. The first-order chi connectivity index (χ1) is 12.3. The van der Waals surface area contributed by atoms with Gasteiger partial charge < -0.3 is 4.98 Å². The summed E-state index contributed by atoms with van der Waals surface area (Å²) < 4.78 is 171. The Labute approximate surface area is 146 Å². The van der Waals surface area contributed by atoms with Crippen LogP contribution in [-0.4, -0.2) is 34.9 Å². The first-order valence-corrected chi connectivity index (χ1v) is 6.86. The van der Waals surface area contributed by atoms with Gasteiger partial charge in [-0.15, -0.1) is 0 Å². The maximum atomic E-state index is 14.1. The van der Waals surface area contributed by atoms with Gasteiger partial charge in [-0.05, 0) is 6.07 Å². The second-order valence-electron chi connectivity index (χ2n) is 5.62. The van der Waals surface area contributed by atoms with Crippen molar-refractivity contribution in [2.45, 2.75) is 35.8 Å². The maximum absolute atomic E-state index is 14.1. The van der Waals surface area contributed by atoms with Gasteiger partial charge in [0.05, 0.1) is 5.56 Å². The zero-order valence-corrected chi connectivity index (χ0v) is 12.8. The van der Waals surface area contributed by atoms with Crippen LogP contribution in [0, 0.1) is 0 Å². The fraction of sp³-hybridized carbons (Fsp3) is 0.429. The minimum atomic E-state index is -7.91. The lowest BCUT2D eigenvalue weighted by Crippen LogP contribution is -2.69. The number of aromatic nitrogens is 1. The normalized spacial score (nSPS) is 15.3. The molecule has 1 nitrogen and oxygen atoms in total. The Morgan fingerprint density at radius 2 is 1.04 bits per heavy atom. The summed E-state index contributed by atoms with van der Waals surface area (Å²) in [5, 5.41) is -0.867. The van der Waals surface area contributed by atoms with Crippen LogP contribution in [-0.2, 0) is 5.92 Å². The average molecular weight is 435 g/mol. The Morgan fingerprint density at radius 1 is 0.571 bits per heavy atom. The third-order valence-corrected chi connectivity index (χ3v) is 3.86. The van der Waals surface area contributed by atoms with E-state index in [0.29, 0.717) is 6.07 Å². The molecule has 2 aromatic rings. The molecule has 1 aromatic carbocycles. The summed E-state index contributed by atoms with van der Waals surface area (Å²) >= 11 is 0. The van der Waals surface area contributed by atoms with Gasteiger partial charge in [-0.3, -0.25) is 0 Å². The van der Waals surface area contributed by atoms with E-state index in [9.17, 15) is 57.1 Å². The molecule has 0 amide bonds. The van der Waals surface area contributed by atoms with Crippen molar-refractivity contribution >= 4 is 10.9 Å². The van der Waals surface area contributed by atoms with Gasteiger partial charge in [-0.2, -0.15) is 57.1 Å². The van der Waals surface area contributed by atoms with Crippen LogP contribution in [0.2, 0.25) is 0 Å². The van der Waals surface area contributed by atoms with Crippen LogP contribution < -0.4 is 0 Å². The Morgan fingerprint density at radius 3 is 1.54 bits per heavy atom. The van der Waals surface area contributed by atoms with E-state index in [-0.39, 0.29) is 11.7 Å². The molecule has 0 spiro atoms. The summed E-state index contributed by atoms with van der Waals surface area (Å²) in [5.74, 6) is -37.0. The lowest BCUT2D eigenvalue weighted by Gasteiger charge is -2.39. The van der Waals surface area contributed by atoms with Gasteiger partial charge >= 0.3 is 35.8 Å². The monoisotopic (exact) mass is 435 g/mol. The van der Waals surface area contributed by atoms with E-state index in [4.69, 9.17) is 0 Å². The molecule has 0 saturated carbocycles. The lowest BCUT2D eigenvalue weighted by molar-refractivity contribution is -0.441. The third kappa shape index (κ3) is 2.63. The predicted molar refractivity (Wildman–Crippen MR) is 68.0 cm³/mol. The molecule has 0 aliphatic rings. The van der Waals surface area contributed by atoms with Gasteiger partial charge in [-0.25, -0.2) is 0 Å². The van der Waals surface area contributed by atoms with Crippen molar-refractivity contribution in [1.29, 1.82) is 0 Å². The summed E-state index contributed by atoms with van der Waals surface area (Å²) in [6.45, 7) is 0. The highest BCUT2D eigenvalue weighted by atomic mass is 19.4. The number of hydrogen-bond donors (Lipinski definition) is 1. The van der Waals surface area contributed by atoms with Gasteiger partial charge in [0.2, 0.25) is 0 Å². The third-order valence-electron chi connectivity index (χ3n) is 3.86. The highest BCUT2D eigenvalue weighted by Crippen LogP contribution is 2.62. The smallest absolute Gasteiger partial charge is 0.361 e. The summed E-state index contributed by atoms with van der Waals surface area (Å²) in [6.07, 6.45) is -7.40. The molecule has 1 aromatic heterocycles. The number of benzene rings is 1. The Balaban J connectivity index is 2.66. The van der Waals surface area contributed by atoms with E-state index < -0.39 is 46.7 Å². The van der Waals surface area contributed by atoms with Crippen LogP contribution in [0.1, 0.15) is 5.56 Å². The average Bonchev–Trinajstić information content (AvgIpc) is 2.97. The molecule has 0 fully saturated rings. The standard InChI is InChI=1S/C14H6F13N/c15-9(16,7-5-28-8-4-2-1-3-6(7)8)10(17,18)11(19,20)12(21,22)13(23,24)14(25,26)27/h1-5,28H. The summed E-state index contributed by atoms with van der Waals surface area (Å²) in [6, 6.07) is 3.84. The number of H-pyrrole nitrogens is 1. The topological polar surface area (TPSA) is 15.8 Å². The molecular weight excluding hydrogens is 429 g/mol. The van der Waals surface area contributed by atoms with E-state index in [1.54, 1.807) is 0 Å². The number of alkyl halides is 13. The van der Waals surface area contributed by atoms with Crippen molar-refractivity contribution in [2.24, 2.45) is 0 Å². The van der Waals surface area contributed by atoms with Gasteiger partial charge in [0.1, 0.15) is 0 Å². The van der Waals surface area contributed by atoms with E-state index in [1.807, 2.05) is 4.98 Å². The molecule has 0 radical (unpaired) electrons. The second-order valence-corrected chi connectivity index (χ2v) is 5.62. The maximum Gasteiger partial charge on any atom is 0.460 e. The number of nitrogens with one attached hydrogen (secondary N) is 1. The van der Waals surface area contributed by atoms with Crippen LogP contribution in [0.3, 0.4) is 0 Å². The first-order valence-electron chi connectivity index (χ1n) is 6.86. The highest BCUT2D eigenvalue weighted by Gasteiger charge is 2.91. The van der Waals surface area contributed by atoms with Crippen molar-refractivity contribution in [3.05, 3.63) is 36.0 Å². The molecule has 0 saturated heterocycles. The number of fused-ring (bicyclic) bond motifs is 1. The van der Waals surface area contributed by atoms with Crippen molar-refractivity contribution in [3.8, 4) is 0 Å². The van der Waals surface area contributed by atoms with Crippen molar-refractivity contribution < 1.29 is 57.1 Å². The summed E-state index contributed by atoms with van der Waals surface area (Å²) in [7, 11) is 0. The predicted octanol–water partition coefficient (Wildman–Crippen LogP) is 6.36. The summed E-state index contributed by atoms with van der Waals surface area (Å²) in [5.41, 5.74) is -2.34. The minimum Gasteiger partial charge on any atom is -0.361 e. The number of para-hydroxylation sites is 1. The molecule has 1 heterocycles. The van der Waals surface area contributed by atoms with Crippen molar-refractivity contribution in [3.63, 3.8) is 0 Å². The number of rotatable bonds is 5. The Hall–Kier alpha value is -2.15. The van der Waals surface area contributed by atoms with Crippen molar-refractivity contribution in [2.75, 3.05) is 0 Å². The largest absolute Gasteiger partial charge is 0.460 e. The number of halogens is 13. The molecule has 2 rings (SSSR count). The first kappa shape index (κ1) is 22.1. The van der Waals surface area contributed by atoms with Crippen LogP contribution in [0.25, 0.3) is 10.9 Å². The zero-order chi connectivity index (χ0) is 22.0. The molecule has 158 valence electrons. The molecule has 0 unspecified atom stereocenters. The number of hydrogen-bond acceptors (Lipinski definition) is 0. The number of aromatic amines is 1. The van der Waals surface area contributed by atoms with Gasteiger partial charge in [0.15, 0.2) is 0 Å². The molecule has 0 aliphatic carbocycles. The van der Waals surface area contributed by atoms with E-state index in [1.165, 1.54) is 6.07 Å². The van der Waals surface area contributed by atoms with Crippen LogP contribution >= 0.6 is 0 Å². The van der Waals surface area contributed by atoms with Crippen LogP contribution in [0.4, 0.5) is 57.1 Å². The molecule has 0 aliphatic heterocycles. The highest BCUT2D eigenvalue weighted by molar-refractivity contribution is 5.84. The van der Waals surface area contributed by atoms with E-state index in [2.05, 4.69) is 0 Å². The second kappa shape index (κ2) is 5.92. The fourth-order valence-corrected chi connectivity index (χ4v) is 2.27. The Kier molecular flexibility index (Phi) is 4.68. The molecule has 14 heteroatoms. The van der Waals surface area contributed by atoms with Gasteiger partial charge in [0, 0.05) is 17.1 Å². The van der Waals surface area contributed by atoms with Crippen LogP contribution in [0.15, 0.2) is 30.5 Å². The van der Waals surface area contributed by atoms with Crippen molar-refractivity contribution in [1.82, 2.24) is 4.98 Å². The van der Waals surface area contributed by atoms with Crippen LogP contribution in [0.5, 0.6) is 0 Å². The summed E-state index contributed by atoms with van der Waals surface area (Å²) in [4.78, 5) is 1.94. The fourth-order valence-electron chi connectivity index (χ4n) is 2.27. The quantitative estimate of drug-likeness (QED) is 0.526. The molecule has 0 atom stereocenters. The molecule has 0 bridgehead atoms. The van der Waals surface area contributed by atoms with E-state index >= 15 is 0 Å². The lowest BCUT2D eigenvalue weighted by atomic mass is 9.90. The van der Waals surface area contributed by atoms with E-state index in [0.717, 1.165) is 12.1 Å². The van der Waals surface area contributed by atoms with Gasteiger partial charge in [0.25, 0.3) is 0 Å². The van der Waals surface area contributed by atoms with Gasteiger partial charge in [-0.1, -0.05) is 18.2 Å². The molecular formula is C14H6F13N.